The molecule has 5 rings (SSSR count). The van der Waals surface area contributed by atoms with E-state index in [-0.39, 0.29) is 46.2 Å². The number of hydrogen-bond donors (Lipinski definition) is 3. The SMILES string of the molecule is Nc1c(C(=O)NC2CCCCC2)nsc1C(=O)N(c1cccc(F)c1)[C@@H](C(=O)NC[C@H]1CCCO1)c1ccc(F)cc1. The van der Waals surface area contributed by atoms with Gasteiger partial charge in [0.05, 0.1) is 11.8 Å². The van der Waals surface area contributed by atoms with E-state index in [1.54, 1.807) is 0 Å². The number of nitrogens with one attached hydrogen (secondary N) is 2. The molecule has 1 aliphatic carbocycles. The van der Waals surface area contributed by atoms with Crippen molar-refractivity contribution >= 4 is 40.6 Å². The van der Waals surface area contributed by atoms with Gasteiger partial charge in [-0.2, -0.15) is 4.37 Å². The van der Waals surface area contributed by atoms with Gasteiger partial charge in [-0.3, -0.25) is 19.3 Å². The fourth-order valence-electron chi connectivity index (χ4n) is 5.41. The van der Waals surface area contributed by atoms with Gasteiger partial charge in [0.1, 0.15) is 22.6 Å². The first-order valence-electron chi connectivity index (χ1n) is 14.1. The molecule has 4 N–H and O–H groups in total. The van der Waals surface area contributed by atoms with Gasteiger partial charge in [0.15, 0.2) is 5.69 Å². The van der Waals surface area contributed by atoms with Crippen LogP contribution in [0.2, 0.25) is 0 Å². The van der Waals surface area contributed by atoms with E-state index in [2.05, 4.69) is 15.0 Å². The number of carbonyl (C=O) groups excluding carboxylic acids is 3. The van der Waals surface area contributed by atoms with Crippen LogP contribution in [0.25, 0.3) is 0 Å². The van der Waals surface area contributed by atoms with Gasteiger partial charge in [-0.05, 0) is 73.1 Å². The first-order valence-corrected chi connectivity index (χ1v) is 14.9. The maximum atomic E-state index is 14.5. The van der Waals surface area contributed by atoms with Gasteiger partial charge in [-0.25, -0.2) is 8.78 Å². The Morgan fingerprint density at radius 2 is 1.79 bits per heavy atom. The molecule has 2 atom stereocenters. The zero-order chi connectivity index (χ0) is 29.6. The fourth-order valence-corrected chi connectivity index (χ4v) is 6.15. The van der Waals surface area contributed by atoms with Gasteiger partial charge in [-0.15, -0.1) is 0 Å². The molecule has 0 spiro atoms. The number of ether oxygens (including phenoxy) is 1. The highest BCUT2D eigenvalue weighted by Gasteiger charge is 2.37. The van der Waals surface area contributed by atoms with Crippen LogP contribution in [0.1, 0.15) is 76.7 Å². The lowest BCUT2D eigenvalue weighted by atomic mass is 9.95. The molecule has 222 valence electrons. The minimum Gasteiger partial charge on any atom is -0.395 e. The molecule has 0 radical (unpaired) electrons. The molecule has 2 fully saturated rings. The van der Waals surface area contributed by atoms with Gasteiger partial charge in [0.25, 0.3) is 11.8 Å². The van der Waals surface area contributed by atoms with Crippen molar-refractivity contribution < 1.29 is 27.9 Å². The minimum atomic E-state index is -1.33. The summed E-state index contributed by atoms with van der Waals surface area (Å²) in [4.78, 5) is 42.1. The lowest BCUT2D eigenvalue weighted by Crippen LogP contribution is -2.45. The standard InChI is InChI=1S/C30H33F2N5O4S/c31-19-13-11-18(12-14-19)26(29(39)34-17-23-10-5-15-41-23)37(22-9-4-6-20(32)16-22)30(40)27-24(33)25(36-42-27)28(38)35-21-7-2-1-3-8-21/h4,6,9,11-14,16,21,23,26H,1-3,5,7-8,10,15,17,33H2,(H,34,39)(H,35,38)/t23-,26-/m1/s1. The van der Waals surface area contributed by atoms with Crippen molar-refractivity contribution in [3.8, 4) is 0 Å². The van der Waals surface area contributed by atoms with Crippen molar-refractivity contribution in [2.24, 2.45) is 0 Å². The summed E-state index contributed by atoms with van der Waals surface area (Å²) in [5.74, 6) is -2.97. The Kier molecular flexibility index (Phi) is 9.43. The highest BCUT2D eigenvalue weighted by Crippen LogP contribution is 2.34. The second-order valence-corrected chi connectivity index (χ2v) is 11.3. The Balaban J connectivity index is 1.50. The number of halogens is 2. The van der Waals surface area contributed by atoms with Crippen LogP contribution in [0.3, 0.4) is 0 Å². The molecule has 2 heterocycles. The molecule has 2 aliphatic rings. The quantitative estimate of drug-likeness (QED) is 0.327. The normalized spacial score (nSPS) is 17.9. The number of amides is 3. The fraction of sp³-hybridized carbons (Fsp3) is 0.400. The predicted molar refractivity (Wildman–Crippen MR) is 155 cm³/mol. The van der Waals surface area contributed by atoms with E-state index in [4.69, 9.17) is 10.5 Å². The maximum Gasteiger partial charge on any atom is 0.273 e. The Morgan fingerprint density at radius 3 is 2.48 bits per heavy atom. The lowest BCUT2D eigenvalue weighted by molar-refractivity contribution is -0.123. The largest absolute Gasteiger partial charge is 0.395 e. The van der Waals surface area contributed by atoms with E-state index in [9.17, 15) is 23.2 Å². The molecule has 1 aromatic heterocycles. The highest BCUT2D eigenvalue weighted by molar-refractivity contribution is 7.09. The summed E-state index contributed by atoms with van der Waals surface area (Å²) >= 11 is 0.730. The van der Waals surface area contributed by atoms with Crippen molar-refractivity contribution in [3.05, 3.63) is 76.3 Å². The average molecular weight is 598 g/mol. The third-order valence-electron chi connectivity index (χ3n) is 7.60. The van der Waals surface area contributed by atoms with E-state index in [1.807, 2.05) is 0 Å². The Hall–Kier alpha value is -3.90. The molecule has 3 amide bonds. The molecule has 1 saturated heterocycles. The average Bonchev–Trinajstić information content (AvgIpc) is 3.65. The van der Waals surface area contributed by atoms with Crippen molar-refractivity contribution in [1.82, 2.24) is 15.0 Å². The van der Waals surface area contributed by atoms with Crippen LogP contribution in [0, 0.1) is 11.6 Å². The molecule has 12 heteroatoms. The molecule has 1 aliphatic heterocycles. The topological polar surface area (TPSA) is 127 Å². The van der Waals surface area contributed by atoms with Crippen molar-refractivity contribution in [3.63, 3.8) is 0 Å². The summed E-state index contributed by atoms with van der Waals surface area (Å²) in [6.07, 6.45) is 6.34. The summed E-state index contributed by atoms with van der Waals surface area (Å²) in [6, 6.07) is 9.05. The number of carbonyl (C=O) groups is 3. The predicted octanol–water partition coefficient (Wildman–Crippen LogP) is 4.75. The van der Waals surface area contributed by atoms with Crippen LogP contribution in [-0.4, -0.2) is 47.4 Å². The van der Waals surface area contributed by atoms with Gasteiger partial charge in [0, 0.05) is 24.9 Å². The molecule has 0 unspecified atom stereocenters. The molecule has 3 aromatic rings. The van der Waals surface area contributed by atoms with Crippen LogP contribution in [0.5, 0.6) is 0 Å². The number of benzene rings is 2. The van der Waals surface area contributed by atoms with E-state index in [0.717, 1.165) is 67.4 Å². The van der Waals surface area contributed by atoms with E-state index in [0.29, 0.717) is 6.61 Å². The van der Waals surface area contributed by atoms with E-state index >= 15 is 0 Å². The van der Waals surface area contributed by atoms with Crippen molar-refractivity contribution in [1.29, 1.82) is 0 Å². The number of aromatic nitrogens is 1. The van der Waals surface area contributed by atoms with Crippen LogP contribution < -0.4 is 21.3 Å². The number of rotatable bonds is 9. The zero-order valence-corrected chi connectivity index (χ0v) is 23.8. The Morgan fingerprint density at radius 1 is 1.02 bits per heavy atom. The molecular weight excluding hydrogens is 564 g/mol. The number of anilines is 2. The second-order valence-electron chi connectivity index (χ2n) is 10.6. The molecule has 2 aromatic carbocycles. The minimum absolute atomic E-state index is 0.00527. The van der Waals surface area contributed by atoms with Crippen LogP contribution in [0.15, 0.2) is 48.5 Å². The van der Waals surface area contributed by atoms with Gasteiger partial charge in [0.2, 0.25) is 5.91 Å². The molecule has 0 bridgehead atoms. The second kappa shape index (κ2) is 13.4. The van der Waals surface area contributed by atoms with E-state index in [1.165, 1.54) is 42.5 Å². The first kappa shape index (κ1) is 29.6. The summed E-state index contributed by atoms with van der Waals surface area (Å²) in [7, 11) is 0. The molecule has 9 nitrogen and oxygen atoms in total. The monoisotopic (exact) mass is 597 g/mol. The number of hydrogen-bond acceptors (Lipinski definition) is 7. The summed E-state index contributed by atoms with van der Waals surface area (Å²) in [6.45, 7) is 0.799. The lowest BCUT2D eigenvalue weighted by Gasteiger charge is -2.31. The van der Waals surface area contributed by atoms with E-state index < -0.39 is 35.4 Å². The smallest absolute Gasteiger partial charge is 0.273 e. The number of nitrogen functional groups attached to an aromatic ring is 1. The molecule has 1 saturated carbocycles. The highest BCUT2D eigenvalue weighted by atomic mass is 32.1. The number of nitrogens with zero attached hydrogens (tertiary/aromatic N) is 2. The van der Waals surface area contributed by atoms with Crippen LogP contribution >= 0.6 is 11.5 Å². The zero-order valence-electron chi connectivity index (χ0n) is 23.0. The Labute approximate surface area is 246 Å². The molecular formula is C30H33F2N5O4S. The van der Waals surface area contributed by atoms with Crippen molar-refractivity contribution in [2.75, 3.05) is 23.8 Å². The van der Waals surface area contributed by atoms with Gasteiger partial charge >= 0.3 is 0 Å². The Bertz CT molecular complexity index is 1420. The summed E-state index contributed by atoms with van der Waals surface area (Å²) in [5.41, 5.74) is 6.49. The van der Waals surface area contributed by atoms with Crippen molar-refractivity contribution in [2.45, 2.75) is 63.1 Å². The maximum absolute atomic E-state index is 14.5. The molecule has 42 heavy (non-hydrogen) atoms. The summed E-state index contributed by atoms with van der Waals surface area (Å²) in [5, 5.41) is 5.79. The first-order chi connectivity index (χ1) is 20.3. The number of nitrogens with two attached hydrogens (primary N) is 1. The van der Waals surface area contributed by atoms with Gasteiger partial charge < -0.3 is 21.1 Å². The van der Waals surface area contributed by atoms with Crippen LogP contribution in [0.4, 0.5) is 20.2 Å². The summed E-state index contributed by atoms with van der Waals surface area (Å²) < 4.78 is 38.2. The van der Waals surface area contributed by atoms with Crippen LogP contribution in [-0.2, 0) is 9.53 Å². The third kappa shape index (κ3) is 6.76. The third-order valence-corrected chi connectivity index (χ3v) is 8.45. The van der Waals surface area contributed by atoms with Gasteiger partial charge in [-0.1, -0.05) is 37.5 Å².